The first kappa shape index (κ1) is 17.6. The lowest BCUT2D eigenvalue weighted by Crippen LogP contribution is -2.40. The molecule has 4 rings (SSSR count). The van der Waals surface area contributed by atoms with Gasteiger partial charge >= 0.3 is 0 Å². The third-order valence-corrected chi connectivity index (χ3v) is 7.27. The van der Waals surface area contributed by atoms with E-state index in [2.05, 4.69) is 4.98 Å². The number of hydrogen-bond acceptors (Lipinski definition) is 4. The summed E-state index contributed by atoms with van der Waals surface area (Å²) in [5.41, 5.74) is 2.85. The monoisotopic (exact) mass is 372 g/mol. The van der Waals surface area contributed by atoms with Crippen LogP contribution in [0, 0.1) is 12.8 Å². The molecule has 1 aliphatic heterocycles. The minimum absolute atomic E-state index is 0.0233. The molecule has 2 bridgehead atoms. The molecule has 3 atom stereocenters. The van der Waals surface area contributed by atoms with Crippen molar-refractivity contribution in [2.45, 2.75) is 44.3 Å². The van der Waals surface area contributed by atoms with Gasteiger partial charge in [0.15, 0.2) is 0 Å². The summed E-state index contributed by atoms with van der Waals surface area (Å²) in [6.45, 7) is 3.01. The van der Waals surface area contributed by atoms with Crippen LogP contribution in [-0.2, 0) is 27.1 Å². The molecule has 0 amide bonds. The SMILES string of the molecule is Cc1ccc(CS(=O)(=O)N2C[C@H]3CC[C@H]2[C@@H]3OCc2ccccn2)cc1. The van der Waals surface area contributed by atoms with Gasteiger partial charge in [-0.15, -0.1) is 0 Å². The number of sulfonamides is 1. The summed E-state index contributed by atoms with van der Waals surface area (Å²) in [6, 6.07) is 13.4. The second-order valence-electron chi connectivity index (χ2n) is 7.31. The Hall–Kier alpha value is -1.76. The first-order chi connectivity index (χ1) is 12.5. The molecule has 1 aliphatic carbocycles. The summed E-state index contributed by atoms with van der Waals surface area (Å²) < 4.78 is 33.7. The van der Waals surface area contributed by atoms with Crippen molar-refractivity contribution in [3.8, 4) is 0 Å². The van der Waals surface area contributed by atoms with Gasteiger partial charge in [0.25, 0.3) is 0 Å². The van der Waals surface area contributed by atoms with Gasteiger partial charge in [0.05, 0.1) is 30.2 Å². The topological polar surface area (TPSA) is 59.5 Å². The van der Waals surface area contributed by atoms with Crippen molar-refractivity contribution in [3.63, 3.8) is 0 Å². The fourth-order valence-electron chi connectivity index (χ4n) is 4.11. The van der Waals surface area contributed by atoms with Crippen molar-refractivity contribution in [2.75, 3.05) is 6.54 Å². The Morgan fingerprint density at radius 1 is 1.15 bits per heavy atom. The minimum Gasteiger partial charge on any atom is -0.370 e. The van der Waals surface area contributed by atoms with Crippen LogP contribution in [0.2, 0.25) is 0 Å². The normalized spacial score (nSPS) is 25.7. The molecule has 2 heterocycles. The van der Waals surface area contributed by atoms with E-state index in [1.165, 1.54) is 0 Å². The highest BCUT2D eigenvalue weighted by atomic mass is 32.2. The van der Waals surface area contributed by atoms with E-state index >= 15 is 0 Å². The maximum absolute atomic E-state index is 13.0. The Kier molecular flexibility index (Phi) is 4.82. The molecule has 2 aromatic rings. The van der Waals surface area contributed by atoms with Crippen LogP contribution < -0.4 is 0 Å². The predicted octanol–water partition coefficient (Wildman–Crippen LogP) is 2.90. The van der Waals surface area contributed by atoms with Crippen LogP contribution in [0.3, 0.4) is 0 Å². The fraction of sp³-hybridized carbons (Fsp3) is 0.450. The van der Waals surface area contributed by atoms with Gasteiger partial charge in [-0.2, -0.15) is 4.31 Å². The maximum atomic E-state index is 13.0. The van der Waals surface area contributed by atoms with Crippen molar-refractivity contribution in [1.82, 2.24) is 9.29 Å². The molecule has 0 radical (unpaired) electrons. The number of hydrogen-bond donors (Lipinski definition) is 0. The number of nitrogens with zero attached hydrogens (tertiary/aromatic N) is 2. The van der Waals surface area contributed by atoms with Crippen LogP contribution in [0.25, 0.3) is 0 Å². The molecule has 0 spiro atoms. The Labute approximate surface area is 155 Å². The van der Waals surface area contributed by atoms with Gasteiger partial charge in [-0.1, -0.05) is 35.9 Å². The summed E-state index contributed by atoms with van der Waals surface area (Å²) in [7, 11) is -3.33. The van der Waals surface area contributed by atoms with Gasteiger partial charge in [0.2, 0.25) is 10.0 Å². The smallest absolute Gasteiger partial charge is 0.218 e. The average molecular weight is 372 g/mol. The molecule has 2 fully saturated rings. The number of fused-ring (bicyclic) bond motifs is 2. The molecule has 1 saturated heterocycles. The molecule has 5 nitrogen and oxygen atoms in total. The molecule has 1 aromatic carbocycles. The van der Waals surface area contributed by atoms with Crippen LogP contribution in [0.1, 0.15) is 29.7 Å². The number of ether oxygens (including phenoxy) is 1. The van der Waals surface area contributed by atoms with Gasteiger partial charge < -0.3 is 4.74 Å². The summed E-state index contributed by atoms with van der Waals surface area (Å²) in [5.74, 6) is 0.347. The molecule has 1 aromatic heterocycles. The molecule has 26 heavy (non-hydrogen) atoms. The highest BCUT2D eigenvalue weighted by Crippen LogP contribution is 2.42. The largest absolute Gasteiger partial charge is 0.370 e. The zero-order valence-corrected chi connectivity index (χ0v) is 15.7. The van der Waals surface area contributed by atoms with Crippen molar-refractivity contribution < 1.29 is 13.2 Å². The molecule has 0 unspecified atom stereocenters. The number of rotatable bonds is 6. The van der Waals surface area contributed by atoms with Crippen LogP contribution in [0.4, 0.5) is 0 Å². The highest BCUT2D eigenvalue weighted by Gasteiger charge is 2.51. The molecule has 1 saturated carbocycles. The Bertz CT molecular complexity index is 852. The Morgan fingerprint density at radius 2 is 1.96 bits per heavy atom. The second kappa shape index (κ2) is 7.10. The first-order valence-electron chi connectivity index (χ1n) is 9.09. The van der Waals surface area contributed by atoms with Gasteiger partial charge in [-0.25, -0.2) is 8.42 Å². The van der Waals surface area contributed by atoms with Crippen LogP contribution in [0.5, 0.6) is 0 Å². The van der Waals surface area contributed by atoms with Gasteiger partial charge in [-0.05, 0) is 37.5 Å². The third kappa shape index (κ3) is 3.54. The van der Waals surface area contributed by atoms with Crippen LogP contribution in [0.15, 0.2) is 48.7 Å². The maximum Gasteiger partial charge on any atom is 0.218 e. The Morgan fingerprint density at radius 3 is 2.69 bits per heavy atom. The lowest BCUT2D eigenvalue weighted by Gasteiger charge is -2.26. The van der Waals surface area contributed by atoms with E-state index in [9.17, 15) is 8.42 Å². The van der Waals surface area contributed by atoms with Crippen molar-refractivity contribution in [3.05, 3.63) is 65.5 Å². The number of aryl methyl sites for hydroxylation is 1. The predicted molar refractivity (Wildman–Crippen MR) is 99.8 cm³/mol. The van der Waals surface area contributed by atoms with Crippen molar-refractivity contribution in [1.29, 1.82) is 0 Å². The third-order valence-electron chi connectivity index (χ3n) is 5.44. The zero-order valence-electron chi connectivity index (χ0n) is 14.9. The molecule has 0 N–H and O–H groups in total. The molecule has 138 valence electrons. The lowest BCUT2D eigenvalue weighted by molar-refractivity contribution is 0.0200. The molecular weight excluding hydrogens is 348 g/mol. The standard InChI is InChI=1S/C20H24N2O3S/c1-15-5-7-16(8-6-15)14-26(23,24)22-12-17-9-10-19(22)20(17)25-13-18-4-2-3-11-21-18/h2-8,11,17,19-20H,9-10,12-14H2,1H3/t17-,19+,20-/m1/s1. The summed E-state index contributed by atoms with van der Waals surface area (Å²) in [4.78, 5) is 4.28. The van der Waals surface area contributed by atoms with Crippen LogP contribution in [-0.4, -0.2) is 36.4 Å². The van der Waals surface area contributed by atoms with E-state index < -0.39 is 10.0 Å². The number of aromatic nitrogens is 1. The zero-order chi connectivity index (χ0) is 18.1. The van der Waals surface area contributed by atoms with Crippen molar-refractivity contribution in [2.24, 2.45) is 5.92 Å². The summed E-state index contributed by atoms with van der Waals surface area (Å²) in [6.07, 6.45) is 3.64. The lowest BCUT2D eigenvalue weighted by atomic mass is 10.1. The number of piperidine rings is 1. The molecule has 6 heteroatoms. The number of pyridine rings is 1. The van der Waals surface area contributed by atoms with Crippen molar-refractivity contribution >= 4 is 10.0 Å². The fourth-order valence-corrected chi connectivity index (χ4v) is 5.94. The van der Waals surface area contributed by atoms with E-state index in [1.807, 2.05) is 49.4 Å². The van der Waals surface area contributed by atoms with Gasteiger partial charge in [0.1, 0.15) is 0 Å². The number of benzene rings is 1. The minimum atomic E-state index is -3.33. The van der Waals surface area contributed by atoms with E-state index in [4.69, 9.17) is 4.74 Å². The van der Waals surface area contributed by atoms with E-state index in [1.54, 1.807) is 10.5 Å². The molecule has 2 aliphatic rings. The van der Waals surface area contributed by atoms with Crippen LogP contribution >= 0.6 is 0 Å². The highest BCUT2D eigenvalue weighted by molar-refractivity contribution is 7.88. The second-order valence-corrected chi connectivity index (χ2v) is 9.23. The summed E-state index contributed by atoms with van der Waals surface area (Å²) >= 11 is 0. The summed E-state index contributed by atoms with van der Waals surface area (Å²) in [5, 5.41) is 0. The van der Waals surface area contributed by atoms with E-state index in [-0.39, 0.29) is 23.8 Å². The van der Waals surface area contributed by atoms with Gasteiger partial charge in [-0.3, -0.25) is 4.98 Å². The Balaban J connectivity index is 1.44. The molecular formula is C20H24N2O3S. The quantitative estimate of drug-likeness (QED) is 0.782. The van der Waals surface area contributed by atoms with E-state index in [0.29, 0.717) is 13.2 Å². The van der Waals surface area contributed by atoms with E-state index in [0.717, 1.165) is 29.7 Å². The van der Waals surface area contributed by atoms with Gasteiger partial charge in [0, 0.05) is 18.7 Å². The first-order valence-corrected chi connectivity index (χ1v) is 10.7. The average Bonchev–Trinajstić information content (AvgIpc) is 3.20.